The number of carbonyl (C=O) groups excluding carboxylic acids is 1. The number of ether oxygens (including phenoxy) is 3. The summed E-state index contributed by atoms with van der Waals surface area (Å²) in [4.78, 5) is 14.9. The molecule has 5 nitrogen and oxygen atoms in total. The van der Waals surface area contributed by atoms with Gasteiger partial charge in [-0.15, -0.1) is 0 Å². The van der Waals surface area contributed by atoms with Gasteiger partial charge >= 0.3 is 0 Å². The second kappa shape index (κ2) is 7.08. The lowest BCUT2D eigenvalue weighted by Gasteiger charge is -2.29. The molecule has 0 radical (unpaired) electrons. The van der Waals surface area contributed by atoms with Crippen LogP contribution in [0.15, 0.2) is 36.4 Å². The summed E-state index contributed by atoms with van der Waals surface area (Å²) in [6.45, 7) is 1.90. The van der Waals surface area contributed by atoms with Crippen molar-refractivity contribution in [3.8, 4) is 17.2 Å². The summed E-state index contributed by atoms with van der Waals surface area (Å²) in [6, 6.07) is 11.3. The summed E-state index contributed by atoms with van der Waals surface area (Å²) < 4.78 is 16.8. The zero-order chi connectivity index (χ0) is 18.1. The maximum atomic E-state index is 13.1. The number of nitrogens with zero attached hydrogens (tertiary/aromatic N) is 1. The number of hydrogen-bond donors (Lipinski definition) is 0. The fourth-order valence-corrected chi connectivity index (χ4v) is 3.64. The molecule has 4 rings (SSSR count). The van der Waals surface area contributed by atoms with Crippen LogP contribution in [0, 0.1) is 5.92 Å². The quantitative estimate of drug-likeness (QED) is 0.810. The molecule has 0 aliphatic carbocycles. The minimum Gasteiger partial charge on any atom is -0.497 e. The summed E-state index contributed by atoms with van der Waals surface area (Å²) in [7, 11) is 1.63. The number of methoxy groups -OCH3 is 1. The van der Waals surface area contributed by atoms with Crippen LogP contribution >= 0.6 is 11.6 Å². The van der Waals surface area contributed by atoms with E-state index in [9.17, 15) is 4.79 Å². The highest BCUT2D eigenvalue weighted by Gasteiger charge is 2.31. The smallest absolute Gasteiger partial charge is 0.229 e. The lowest BCUT2D eigenvalue weighted by Crippen LogP contribution is -2.41. The van der Waals surface area contributed by atoms with Crippen LogP contribution in [0.3, 0.4) is 0 Å². The molecule has 2 heterocycles. The zero-order valence-electron chi connectivity index (χ0n) is 14.5. The van der Waals surface area contributed by atoms with Crippen molar-refractivity contribution in [2.45, 2.75) is 13.0 Å². The molecular weight excluding hydrogens is 354 g/mol. The first-order chi connectivity index (χ1) is 12.6. The summed E-state index contributed by atoms with van der Waals surface area (Å²) in [5, 5.41) is 0.644. The SMILES string of the molecule is COc1ccc2c(c1)OC[C@H](C(=O)N1CCOc3ccc(Cl)cc3C1)C2. The van der Waals surface area contributed by atoms with E-state index >= 15 is 0 Å². The topological polar surface area (TPSA) is 48.0 Å². The first-order valence-electron chi connectivity index (χ1n) is 8.64. The molecular formula is C20H20ClNO4. The molecule has 0 bridgehead atoms. The van der Waals surface area contributed by atoms with Crippen molar-refractivity contribution in [3.63, 3.8) is 0 Å². The fraction of sp³-hybridized carbons (Fsp3) is 0.350. The maximum absolute atomic E-state index is 13.1. The van der Waals surface area contributed by atoms with E-state index in [0.29, 0.717) is 37.7 Å². The van der Waals surface area contributed by atoms with Gasteiger partial charge in [-0.3, -0.25) is 4.79 Å². The van der Waals surface area contributed by atoms with Crippen molar-refractivity contribution < 1.29 is 19.0 Å². The monoisotopic (exact) mass is 373 g/mol. The van der Waals surface area contributed by atoms with E-state index in [-0.39, 0.29) is 11.8 Å². The van der Waals surface area contributed by atoms with E-state index in [1.807, 2.05) is 35.2 Å². The fourth-order valence-electron chi connectivity index (χ4n) is 3.45. The van der Waals surface area contributed by atoms with Gasteiger partial charge in [0.2, 0.25) is 5.91 Å². The van der Waals surface area contributed by atoms with Gasteiger partial charge in [-0.1, -0.05) is 17.7 Å². The number of benzene rings is 2. The third-order valence-electron chi connectivity index (χ3n) is 4.84. The van der Waals surface area contributed by atoms with Crippen molar-refractivity contribution in [2.75, 3.05) is 26.9 Å². The number of rotatable bonds is 2. The van der Waals surface area contributed by atoms with E-state index in [1.165, 1.54) is 0 Å². The van der Waals surface area contributed by atoms with E-state index in [2.05, 4.69) is 0 Å². The van der Waals surface area contributed by atoms with E-state index in [0.717, 1.165) is 28.4 Å². The lowest BCUT2D eigenvalue weighted by molar-refractivity contribution is -0.137. The second-order valence-corrected chi connectivity index (χ2v) is 6.98. The molecule has 0 saturated heterocycles. The van der Waals surface area contributed by atoms with Crippen molar-refractivity contribution in [2.24, 2.45) is 5.92 Å². The largest absolute Gasteiger partial charge is 0.497 e. The zero-order valence-corrected chi connectivity index (χ0v) is 15.3. The standard InChI is InChI=1S/C20H20ClNO4/c1-24-17-4-2-13-8-15(12-26-19(13)10-17)20(23)22-6-7-25-18-5-3-16(21)9-14(18)11-22/h2-5,9-10,15H,6-8,11-12H2,1H3/t15-/m1/s1. The number of halogens is 1. The Morgan fingerprint density at radius 3 is 2.88 bits per heavy atom. The number of amides is 1. The van der Waals surface area contributed by atoms with E-state index in [4.69, 9.17) is 25.8 Å². The number of hydrogen-bond acceptors (Lipinski definition) is 4. The summed E-state index contributed by atoms with van der Waals surface area (Å²) in [5.74, 6) is 2.23. The Kier molecular flexibility index (Phi) is 4.64. The van der Waals surface area contributed by atoms with Crippen LogP contribution in [0.25, 0.3) is 0 Å². The molecule has 1 atom stereocenters. The first kappa shape index (κ1) is 17.0. The average molecular weight is 374 g/mol. The third-order valence-corrected chi connectivity index (χ3v) is 5.08. The Morgan fingerprint density at radius 1 is 1.15 bits per heavy atom. The second-order valence-electron chi connectivity index (χ2n) is 6.55. The Morgan fingerprint density at radius 2 is 2.04 bits per heavy atom. The molecule has 2 aliphatic rings. The summed E-state index contributed by atoms with van der Waals surface area (Å²) in [6.07, 6.45) is 0.665. The third kappa shape index (κ3) is 3.31. The Hall–Kier alpha value is -2.40. The van der Waals surface area contributed by atoms with Gasteiger partial charge < -0.3 is 19.1 Å². The average Bonchev–Trinajstić information content (AvgIpc) is 2.88. The molecule has 136 valence electrons. The molecule has 1 amide bonds. The van der Waals surface area contributed by atoms with Gasteiger partial charge in [0.25, 0.3) is 0 Å². The van der Waals surface area contributed by atoms with Gasteiger partial charge in [0.05, 0.1) is 19.6 Å². The van der Waals surface area contributed by atoms with Crippen LogP contribution in [0.4, 0.5) is 0 Å². The van der Waals surface area contributed by atoms with Crippen LogP contribution in [0.5, 0.6) is 17.2 Å². The number of carbonyl (C=O) groups is 1. The summed E-state index contributed by atoms with van der Waals surface area (Å²) in [5.41, 5.74) is 1.97. The molecule has 0 unspecified atom stereocenters. The Bertz CT molecular complexity index is 839. The molecule has 0 fully saturated rings. The summed E-state index contributed by atoms with van der Waals surface area (Å²) >= 11 is 6.10. The predicted octanol–water partition coefficient (Wildman–Crippen LogP) is 3.32. The number of fused-ring (bicyclic) bond motifs is 2. The Labute approximate surface area is 157 Å². The Balaban J connectivity index is 1.50. The highest BCUT2D eigenvalue weighted by Crippen LogP contribution is 2.33. The molecule has 26 heavy (non-hydrogen) atoms. The lowest BCUT2D eigenvalue weighted by atomic mass is 9.95. The van der Waals surface area contributed by atoms with Gasteiger partial charge in [0.1, 0.15) is 30.5 Å². The van der Waals surface area contributed by atoms with Gasteiger partial charge in [-0.25, -0.2) is 0 Å². The normalized spacial score (nSPS) is 18.7. The first-order valence-corrected chi connectivity index (χ1v) is 9.01. The highest BCUT2D eigenvalue weighted by molar-refractivity contribution is 6.30. The van der Waals surface area contributed by atoms with E-state index < -0.39 is 0 Å². The van der Waals surface area contributed by atoms with Crippen molar-refractivity contribution in [3.05, 3.63) is 52.5 Å². The molecule has 2 aromatic carbocycles. The molecule has 0 spiro atoms. The van der Waals surface area contributed by atoms with Crippen molar-refractivity contribution in [1.82, 2.24) is 4.90 Å². The van der Waals surface area contributed by atoms with Crippen LogP contribution in [0.2, 0.25) is 5.02 Å². The van der Waals surface area contributed by atoms with Crippen LogP contribution in [-0.2, 0) is 17.8 Å². The van der Waals surface area contributed by atoms with Crippen LogP contribution < -0.4 is 14.2 Å². The van der Waals surface area contributed by atoms with Gasteiger partial charge in [0.15, 0.2) is 0 Å². The van der Waals surface area contributed by atoms with Gasteiger partial charge in [-0.2, -0.15) is 0 Å². The maximum Gasteiger partial charge on any atom is 0.229 e. The van der Waals surface area contributed by atoms with Gasteiger partial charge in [-0.05, 0) is 36.2 Å². The predicted molar refractivity (Wildman–Crippen MR) is 98.0 cm³/mol. The molecule has 6 heteroatoms. The molecule has 2 aromatic rings. The molecule has 0 saturated carbocycles. The molecule has 0 N–H and O–H groups in total. The van der Waals surface area contributed by atoms with Crippen molar-refractivity contribution >= 4 is 17.5 Å². The minimum atomic E-state index is -0.198. The van der Waals surface area contributed by atoms with Crippen molar-refractivity contribution in [1.29, 1.82) is 0 Å². The highest BCUT2D eigenvalue weighted by atomic mass is 35.5. The van der Waals surface area contributed by atoms with Gasteiger partial charge in [0, 0.05) is 23.2 Å². The van der Waals surface area contributed by atoms with Crippen LogP contribution in [-0.4, -0.2) is 37.7 Å². The molecule has 0 aromatic heterocycles. The van der Waals surface area contributed by atoms with E-state index in [1.54, 1.807) is 13.2 Å². The minimum absolute atomic E-state index is 0.0860. The van der Waals surface area contributed by atoms with Crippen LogP contribution in [0.1, 0.15) is 11.1 Å². The molecule has 2 aliphatic heterocycles.